The lowest BCUT2D eigenvalue weighted by molar-refractivity contribution is 0.273. The lowest BCUT2D eigenvalue weighted by atomic mass is 9.93. The van der Waals surface area contributed by atoms with Crippen LogP contribution in [0.15, 0.2) is 47.3 Å². The Morgan fingerprint density at radius 2 is 1.91 bits per heavy atom. The molecule has 2 nitrogen and oxygen atoms in total. The van der Waals surface area contributed by atoms with Crippen molar-refractivity contribution in [1.82, 2.24) is 9.80 Å². The van der Waals surface area contributed by atoms with E-state index in [9.17, 15) is 0 Å². The number of likely N-dealkylation sites (N-methyl/N-ethyl adjacent to an activating group) is 1. The van der Waals surface area contributed by atoms with E-state index in [0.29, 0.717) is 12.0 Å². The van der Waals surface area contributed by atoms with Crippen LogP contribution in [-0.2, 0) is 0 Å². The molecule has 2 heteroatoms. The van der Waals surface area contributed by atoms with Gasteiger partial charge in [0.1, 0.15) is 0 Å². The summed E-state index contributed by atoms with van der Waals surface area (Å²) in [5.41, 5.74) is 6.51. The molecule has 1 rings (SSSR count). The van der Waals surface area contributed by atoms with Crippen LogP contribution in [-0.4, -0.2) is 36.5 Å². The van der Waals surface area contributed by atoms with Crippen molar-refractivity contribution in [2.45, 2.75) is 53.5 Å². The molecule has 0 spiro atoms. The summed E-state index contributed by atoms with van der Waals surface area (Å²) in [5.74, 6) is 0.500. The Kier molecular flexibility index (Phi) is 6.52. The Morgan fingerprint density at radius 1 is 1.32 bits per heavy atom. The third kappa shape index (κ3) is 4.06. The minimum atomic E-state index is 0.500. The third-order valence-electron chi connectivity index (χ3n) is 5.12. The van der Waals surface area contributed by atoms with Crippen LogP contribution in [0.4, 0.5) is 0 Å². The number of allylic oxidation sites excluding steroid dienone is 2. The highest BCUT2D eigenvalue weighted by molar-refractivity contribution is 5.46. The zero-order valence-electron chi connectivity index (χ0n) is 15.7. The molecule has 1 heterocycles. The van der Waals surface area contributed by atoms with Crippen molar-refractivity contribution in [3.63, 3.8) is 0 Å². The number of nitrogens with zero attached hydrogens (tertiary/aromatic N) is 2. The average molecular weight is 303 g/mol. The van der Waals surface area contributed by atoms with Gasteiger partial charge in [0, 0.05) is 38.1 Å². The fraction of sp³-hybridized carbons (Fsp3) is 0.600. The van der Waals surface area contributed by atoms with Crippen LogP contribution in [0, 0.1) is 5.92 Å². The molecule has 0 amide bonds. The van der Waals surface area contributed by atoms with Crippen molar-refractivity contribution in [2.24, 2.45) is 5.92 Å². The maximum Gasteiger partial charge on any atom is 0.0425 e. The van der Waals surface area contributed by atoms with Crippen LogP contribution in [0.25, 0.3) is 0 Å². The number of hydrogen-bond donors (Lipinski definition) is 0. The summed E-state index contributed by atoms with van der Waals surface area (Å²) in [6, 6.07) is 0.519. The summed E-state index contributed by atoms with van der Waals surface area (Å²) in [7, 11) is 4.30. The largest absolute Gasteiger partial charge is 0.375 e. The quantitative estimate of drug-likeness (QED) is 0.683. The van der Waals surface area contributed by atoms with Crippen LogP contribution >= 0.6 is 0 Å². The predicted octanol–water partition coefficient (Wildman–Crippen LogP) is 4.98. The fourth-order valence-corrected chi connectivity index (χ4v) is 2.95. The molecule has 0 radical (unpaired) electrons. The second kappa shape index (κ2) is 7.71. The van der Waals surface area contributed by atoms with Crippen molar-refractivity contribution >= 4 is 0 Å². The lowest BCUT2D eigenvalue weighted by Gasteiger charge is -2.34. The van der Waals surface area contributed by atoms with Gasteiger partial charge in [-0.1, -0.05) is 40.0 Å². The molecule has 1 aliphatic rings. The maximum atomic E-state index is 4.24. The molecule has 0 fully saturated rings. The normalized spacial score (nSPS) is 19.2. The van der Waals surface area contributed by atoms with E-state index < -0.39 is 0 Å². The molecule has 124 valence electrons. The summed E-state index contributed by atoms with van der Waals surface area (Å²) in [4.78, 5) is 4.60. The molecular weight excluding hydrogens is 268 g/mol. The molecule has 0 bridgehead atoms. The Hall–Kier alpha value is -1.44. The first-order valence-electron chi connectivity index (χ1n) is 8.39. The van der Waals surface area contributed by atoms with E-state index in [1.54, 1.807) is 0 Å². The first-order valence-corrected chi connectivity index (χ1v) is 8.39. The SMILES string of the molecule is C=C1C(C)=C(C)/C(=C/CC(CC)N(C)C(=C)C(C)C)CN1C. The van der Waals surface area contributed by atoms with Gasteiger partial charge < -0.3 is 9.80 Å². The van der Waals surface area contributed by atoms with Gasteiger partial charge in [-0.25, -0.2) is 0 Å². The van der Waals surface area contributed by atoms with Crippen LogP contribution in [0.1, 0.15) is 47.5 Å². The van der Waals surface area contributed by atoms with Gasteiger partial charge in [0.25, 0.3) is 0 Å². The Bertz CT molecular complexity index is 494. The second-order valence-corrected chi connectivity index (χ2v) is 6.84. The lowest BCUT2D eigenvalue weighted by Crippen LogP contribution is -2.32. The molecule has 1 aliphatic heterocycles. The van der Waals surface area contributed by atoms with E-state index in [1.807, 2.05) is 0 Å². The predicted molar refractivity (Wildman–Crippen MR) is 98.7 cm³/mol. The van der Waals surface area contributed by atoms with Gasteiger partial charge in [-0.3, -0.25) is 0 Å². The molecule has 1 unspecified atom stereocenters. The minimum absolute atomic E-state index is 0.500. The third-order valence-corrected chi connectivity index (χ3v) is 5.12. The van der Waals surface area contributed by atoms with Crippen LogP contribution in [0.5, 0.6) is 0 Å². The summed E-state index contributed by atoms with van der Waals surface area (Å²) in [6.45, 7) is 20.4. The van der Waals surface area contributed by atoms with Crippen LogP contribution in [0.3, 0.4) is 0 Å². The van der Waals surface area contributed by atoms with Gasteiger partial charge in [0.15, 0.2) is 0 Å². The smallest absolute Gasteiger partial charge is 0.0425 e. The molecule has 22 heavy (non-hydrogen) atoms. The van der Waals surface area contributed by atoms with Gasteiger partial charge >= 0.3 is 0 Å². The number of rotatable bonds is 6. The Labute approximate surface area is 137 Å². The Morgan fingerprint density at radius 3 is 2.41 bits per heavy atom. The summed E-state index contributed by atoms with van der Waals surface area (Å²) in [5, 5.41) is 0. The van der Waals surface area contributed by atoms with E-state index in [2.05, 4.69) is 77.7 Å². The molecule has 0 aliphatic carbocycles. The zero-order chi connectivity index (χ0) is 17.0. The van der Waals surface area contributed by atoms with Crippen molar-refractivity contribution < 1.29 is 0 Å². The van der Waals surface area contributed by atoms with Gasteiger partial charge in [0.2, 0.25) is 0 Å². The van der Waals surface area contributed by atoms with Crippen LogP contribution < -0.4 is 0 Å². The molecule has 0 N–H and O–H groups in total. The molecule has 0 saturated carbocycles. The molecule has 0 saturated heterocycles. The second-order valence-electron chi connectivity index (χ2n) is 6.84. The topological polar surface area (TPSA) is 6.48 Å². The molecule has 0 aromatic carbocycles. The first-order chi connectivity index (χ1) is 10.2. The molecule has 0 aromatic heterocycles. The van der Waals surface area contributed by atoms with Crippen molar-refractivity contribution in [3.8, 4) is 0 Å². The Balaban J connectivity index is 2.89. The molecular formula is C20H34N2. The summed E-state index contributed by atoms with van der Waals surface area (Å²) >= 11 is 0. The van der Waals surface area contributed by atoms with Gasteiger partial charge in [-0.15, -0.1) is 0 Å². The van der Waals surface area contributed by atoms with E-state index >= 15 is 0 Å². The van der Waals surface area contributed by atoms with Gasteiger partial charge in [0.05, 0.1) is 0 Å². The van der Waals surface area contributed by atoms with E-state index in [4.69, 9.17) is 0 Å². The van der Waals surface area contributed by atoms with E-state index in [-0.39, 0.29) is 0 Å². The minimum Gasteiger partial charge on any atom is -0.375 e. The van der Waals surface area contributed by atoms with Crippen LogP contribution in [0.2, 0.25) is 0 Å². The highest BCUT2D eigenvalue weighted by Crippen LogP contribution is 2.29. The van der Waals surface area contributed by atoms with Gasteiger partial charge in [-0.2, -0.15) is 0 Å². The van der Waals surface area contributed by atoms with E-state index in [0.717, 1.165) is 25.1 Å². The van der Waals surface area contributed by atoms with Crippen molar-refractivity contribution in [2.75, 3.05) is 20.6 Å². The monoisotopic (exact) mass is 302 g/mol. The molecule has 1 atom stereocenters. The first kappa shape index (κ1) is 18.6. The fourth-order valence-electron chi connectivity index (χ4n) is 2.95. The maximum absolute atomic E-state index is 4.24. The highest BCUT2D eigenvalue weighted by atomic mass is 15.1. The summed E-state index contributed by atoms with van der Waals surface area (Å²) < 4.78 is 0. The average Bonchev–Trinajstić information content (AvgIpc) is 2.49. The van der Waals surface area contributed by atoms with E-state index in [1.165, 1.54) is 22.4 Å². The van der Waals surface area contributed by atoms with Gasteiger partial charge in [-0.05, 0) is 49.3 Å². The highest BCUT2D eigenvalue weighted by Gasteiger charge is 2.19. The standard InChI is InChI=1S/C20H34N2/c1-10-20(22(9)17(6)14(2)3)12-11-19-13-21(8)18(7)15(4)16(19)5/h11,14,20H,6-7,10,12-13H2,1-5,8-9H3/b19-11+. The summed E-state index contributed by atoms with van der Waals surface area (Å²) in [6.07, 6.45) is 4.62. The zero-order valence-corrected chi connectivity index (χ0v) is 15.7. The number of hydrogen-bond acceptors (Lipinski definition) is 2. The van der Waals surface area contributed by atoms with Crippen molar-refractivity contribution in [1.29, 1.82) is 0 Å². The molecule has 0 aromatic rings. The van der Waals surface area contributed by atoms with Crippen molar-refractivity contribution in [3.05, 3.63) is 47.3 Å².